The maximum Gasteiger partial charge on any atom is 0.250 e. The molecule has 0 aliphatic rings. The monoisotopic (exact) mass is 539 g/mol. The normalized spacial score (nSPS) is 11.4. The Morgan fingerprint density at radius 3 is 2.45 bits per heavy atom. The van der Waals surface area contributed by atoms with Gasteiger partial charge in [0.15, 0.2) is 11.0 Å². The molecule has 1 amide bonds. The predicted octanol–water partition coefficient (Wildman–Crippen LogP) is 5.98. The molecular formula is C24H19BrClN5OS. The average molecular weight is 541 g/mol. The van der Waals surface area contributed by atoms with Gasteiger partial charge in [0.1, 0.15) is 0 Å². The van der Waals surface area contributed by atoms with Crippen LogP contribution in [0.15, 0.2) is 93.6 Å². The fourth-order valence-corrected chi connectivity index (χ4v) is 4.37. The van der Waals surface area contributed by atoms with Gasteiger partial charge in [-0.2, -0.15) is 5.10 Å². The van der Waals surface area contributed by atoms with E-state index in [1.165, 1.54) is 11.8 Å². The Morgan fingerprint density at radius 2 is 1.73 bits per heavy atom. The summed E-state index contributed by atoms with van der Waals surface area (Å²) < 4.78 is 2.92. The number of rotatable bonds is 7. The number of nitrogens with zero attached hydrogens (tertiary/aromatic N) is 4. The van der Waals surface area contributed by atoms with Crippen LogP contribution in [0.2, 0.25) is 5.02 Å². The molecule has 166 valence electrons. The fraction of sp³-hybridized carbons (Fsp3) is 0.0833. The molecule has 9 heteroatoms. The van der Waals surface area contributed by atoms with Crippen LogP contribution in [0.25, 0.3) is 17.1 Å². The highest BCUT2D eigenvalue weighted by atomic mass is 79.9. The first-order chi connectivity index (χ1) is 16.0. The molecule has 0 saturated carbocycles. The predicted molar refractivity (Wildman–Crippen MR) is 137 cm³/mol. The maximum absolute atomic E-state index is 12.5. The fourth-order valence-electron chi connectivity index (χ4n) is 3.08. The molecule has 0 unspecified atom stereocenters. The van der Waals surface area contributed by atoms with Gasteiger partial charge >= 0.3 is 0 Å². The van der Waals surface area contributed by atoms with Crippen LogP contribution in [0.1, 0.15) is 12.5 Å². The highest BCUT2D eigenvalue weighted by Crippen LogP contribution is 2.28. The number of aromatic nitrogens is 3. The molecule has 0 aliphatic carbocycles. The zero-order valence-corrected chi connectivity index (χ0v) is 20.7. The highest BCUT2D eigenvalue weighted by molar-refractivity contribution is 9.10. The Labute approximate surface area is 209 Å². The van der Waals surface area contributed by atoms with Crippen LogP contribution in [0.3, 0.4) is 0 Å². The van der Waals surface area contributed by atoms with Crippen molar-refractivity contribution in [1.29, 1.82) is 0 Å². The molecular weight excluding hydrogens is 522 g/mol. The minimum atomic E-state index is -0.252. The van der Waals surface area contributed by atoms with E-state index in [4.69, 9.17) is 11.6 Å². The van der Waals surface area contributed by atoms with Gasteiger partial charge in [0.2, 0.25) is 0 Å². The molecule has 1 heterocycles. The van der Waals surface area contributed by atoms with Crippen molar-refractivity contribution in [1.82, 2.24) is 20.2 Å². The second-order valence-corrected chi connectivity index (χ2v) is 9.25. The van der Waals surface area contributed by atoms with Crippen LogP contribution in [0, 0.1) is 0 Å². The molecule has 4 rings (SSSR count). The lowest BCUT2D eigenvalue weighted by atomic mass is 10.1. The lowest BCUT2D eigenvalue weighted by Crippen LogP contribution is -2.21. The topological polar surface area (TPSA) is 72.2 Å². The van der Waals surface area contributed by atoms with Gasteiger partial charge in [0, 0.05) is 26.3 Å². The minimum Gasteiger partial charge on any atom is -0.272 e. The van der Waals surface area contributed by atoms with Crippen LogP contribution in [0.4, 0.5) is 0 Å². The highest BCUT2D eigenvalue weighted by Gasteiger charge is 2.17. The van der Waals surface area contributed by atoms with E-state index in [0.717, 1.165) is 21.3 Å². The molecule has 1 aromatic heterocycles. The Balaban J connectivity index is 1.53. The minimum absolute atomic E-state index is 0.128. The Morgan fingerprint density at radius 1 is 1.03 bits per heavy atom. The molecule has 33 heavy (non-hydrogen) atoms. The van der Waals surface area contributed by atoms with Crippen molar-refractivity contribution < 1.29 is 4.79 Å². The Bertz CT molecular complexity index is 1290. The Kier molecular flexibility index (Phi) is 7.59. The van der Waals surface area contributed by atoms with Crippen LogP contribution < -0.4 is 5.43 Å². The molecule has 0 atom stereocenters. The second kappa shape index (κ2) is 10.8. The third-order valence-electron chi connectivity index (χ3n) is 4.69. The number of hydrogen-bond acceptors (Lipinski definition) is 5. The van der Waals surface area contributed by atoms with E-state index in [1.807, 2.05) is 77.4 Å². The van der Waals surface area contributed by atoms with E-state index < -0.39 is 0 Å². The van der Waals surface area contributed by atoms with Crippen molar-refractivity contribution in [3.63, 3.8) is 0 Å². The maximum atomic E-state index is 12.5. The molecule has 0 bridgehead atoms. The summed E-state index contributed by atoms with van der Waals surface area (Å²) in [7, 11) is 0. The smallest absolute Gasteiger partial charge is 0.250 e. The van der Waals surface area contributed by atoms with Crippen LogP contribution in [-0.2, 0) is 4.79 Å². The first kappa shape index (κ1) is 23.2. The van der Waals surface area contributed by atoms with Gasteiger partial charge in [-0.15, -0.1) is 10.2 Å². The number of benzene rings is 3. The third kappa shape index (κ3) is 5.71. The summed E-state index contributed by atoms with van der Waals surface area (Å²) >= 11 is 11.0. The summed E-state index contributed by atoms with van der Waals surface area (Å²) in [6.07, 6.45) is 0. The lowest BCUT2D eigenvalue weighted by Gasteiger charge is -2.10. The number of hydrazone groups is 1. The van der Waals surface area contributed by atoms with Crippen molar-refractivity contribution in [3.05, 3.63) is 93.9 Å². The van der Waals surface area contributed by atoms with Gasteiger partial charge in [0.25, 0.3) is 5.91 Å². The number of halogens is 2. The molecule has 0 aliphatic heterocycles. The van der Waals surface area contributed by atoms with E-state index in [0.29, 0.717) is 21.7 Å². The van der Waals surface area contributed by atoms with E-state index in [9.17, 15) is 4.79 Å². The van der Waals surface area contributed by atoms with Gasteiger partial charge in [-0.05, 0) is 37.3 Å². The lowest BCUT2D eigenvalue weighted by molar-refractivity contribution is -0.118. The number of amides is 1. The van der Waals surface area contributed by atoms with Gasteiger partial charge < -0.3 is 0 Å². The molecule has 1 N–H and O–H groups in total. The molecule has 3 aromatic carbocycles. The molecule has 0 saturated heterocycles. The molecule has 0 fully saturated rings. The molecule has 4 aromatic rings. The molecule has 0 spiro atoms. The SMILES string of the molecule is CC(=NNC(=O)CSc1nnc(-c2ccccc2)n1-c1ccc(Br)cc1)c1ccccc1Cl. The van der Waals surface area contributed by atoms with Crippen molar-refractivity contribution >= 4 is 50.9 Å². The van der Waals surface area contributed by atoms with Crippen LogP contribution >= 0.6 is 39.3 Å². The summed E-state index contributed by atoms with van der Waals surface area (Å²) in [5, 5.41) is 14.1. The summed E-state index contributed by atoms with van der Waals surface area (Å²) in [5.74, 6) is 0.578. The third-order valence-corrected chi connectivity index (χ3v) is 6.48. The largest absolute Gasteiger partial charge is 0.272 e. The average Bonchev–Trinajstić information content (AvgIpc) is 3.26. The van der Waals surface area contributed by atoms with Gasteiger partial charge in [-0.3, -0.25) is 9.36 Å². The van der Waals surface area contributed by atoms with E-state index in [-0.39, 0.29) is 11.7 Å². The second-order valence-electron chi connectivity index (χ2n) is 6.98. The van der Waals surface area contributed by atoms with E-state index in [2.05, 4.69) is 36.7 Å². The number of thioether (sulfide) groups is 1. The van der Waals surface area contributed by atoms with Crippen molar-refractivity contribution in [2.45, 2.75) is 12.1 Å². The summed E-state index contributed by atoms with van der Waals surface area (Å²) in [4.78, 5) is 12.5. The van der Waals surface area contributed by atoms with Gasteiger partial charge in [0.05, 0.1) is 11.5 Å². The standard InChI is InChI=1S/C24H19BrClN5OS/c1-16(20-9-5-6-10-21(20)26)27-28-22(32)15-33-24-30-29-23(17-7-3-2-4-8-17)31(24)19-13-11-18(25)12-14-19/h2-14H,15H2,1H3,(H,28,32). The first-order valence-corrected chi connectivity index (χ1v) is 12.2. The van der Waals surface area contributed by atoms with Crippen molar-refractivity contribution in [2.75, 3.05) is 5.75 Å². The van der Waals surface area contributed by atoms with Crippen molar-refractivity contribution in [3.8, 4) is 17.1 Å². The summed E-state index contributed by atoms with van der Waals surface area (Å²) in [6.45, 7) is 1.80. The van der Waals surface area contributed by atoms with Crippen molar-refractivity contribution in [2.24, 2.45) is 5.10 Å². The van der Waals surface area contributed by atoms with Gasteiger partial charge in [-0.1, -0.05) is 87.8 Å². The summed E-state index contributed by atoms with van der Waals surface area (Å²) in [5.41, 5.74) is 5.83. The number of nitrogens with one attached hydrogen (secondary N) is 1. The van der Waals surface area contributed by atoms with Crippen LogP contribution in [-0.4, -0.2) is 32.1 Å². The van der Waals surface area contributed by atoms with E-state index in [1.54, 1.807) is 13.0 Å². The summed E-state index contributed by atoms with van der Waals surface area (Å²) in [6, 6.07) is 25.0. The molecule has 0 radical (unpaired) electrons. The number of hydrogen-bond donors (Lipinski definition) is 1. The number of carbonyl (C=O) groups is 1. The number of carbonyl (C=O) groups excluding carboxylic acids is 1. The van der Waals surface area contributed by atoms with Gasteiger partial charge in [-0.25, -0.2) is 5.43 Å². The first-order valence-electron chi connectivity index (χ1n) is 10.0. The Hall–Kier alpha value is -2.94. The zero-order valence-electron chi connectivity index (χ0n) is 17.6. The quantitative estimate of drug-likeness (QED) is 0.178. The van der Waals surface area contributed by atoms with Crippen LogP contribution in [0.5, 0.6) is 0 Å². The van der Waals surface area contributed by atoms with E-state index >= 15 is 0 Å². The zero-order chi connectivity index (χ0) is 23.2. The molecule has 6 nitrogen and oxygen atoms in total.